The summed E-state index contributed by atoms with van der Waals surface area (Å²) in [6, 6.07) is 11.6. The largest absolute Gasteiger partial charge is 0.353 e. The Morgan fingerprint density at radius 3 is 2.83 bits per heavy atom. The number of benzene rings is 1. The number of aromatic nitrogens is 1. The molecule has 1 N–H and O–H groups in total. The number of pyridine rings is 1. The lowest BCUT2D eigenvalue weighted by Gasteiger charge is -2.20. The highest BCUT2D eigenvalue weighted by molar-refractivity contribution is 5.94. The summed E-state index contributed by atoms with van der Waals surface area (Å²) in [6.45, 7) is 4.60. The number of nitrogens with one attached hydrogen (secondary N) is 1. The number of hydrogen-bond donors (Lipinski definition) is 1. The topological polar surface area (TPSA) is 54.5 Å². The number of carbonyl (C=O) groups excluding carboxylic acids is 1. The molecule has 0 spiro atoms. The SMILES string of the molecule is CCC(OCN1CCCC1)C(=O)Nc1ccc2ccccc2n1. The van der Waals surface area contributed by atoms with Gasteiger partial charge in [-0.15, -0.1) is 0 Å². The summed E-state index contributed by atoms with van der Waals surface area (Å²) in [5.41, 5.74) is 0.872. The molecule has 1 aromatic carbocycles. The van der Waals surface area contributed by atoms with Gasteiger partial charge in [0, 0.05) is 18.5 Å². The monoisotopic (exact) mass is 313 g/mol. The van der Waals surface area contributed by atoms with E-state index in [4.69, 9.17) is 4.74 Å². The Bertz CT molecular complexity index is 668. The number of para-hydroxylation sites is 1. The van der Waals surface area contributed by atoms with Gasteiger partial charge in [-0.2, -0.15) is 0 Å². The van der Waals surface area contributed by atoms with Gasteiger partial charge in [0.1, 0.15) is 18.7 Å². The van der Waals surface area contributed by atoms with Crippen molar-refractivity contribution >= 4 is 22.6 Å². The fraction of sp³-hybridized carbons (Fsp3) is 0.444. The van der Waals surface area contributed by atoms with Crippen LogP contribution in [0.1, 0.15) is 26.2 Å². The van der Waals surface area contributed by atoms with Crippen molar-refractivity contribution in [3.05, 3.63) is 36.4 Å². The molecule has 1 saturated heterocycles. The van der Waals surface area contributed by atoms with Crippen molar-refractivity contribution in [1.29, 1.82) is 0 Å². The van der Waals surface area contributed by atoms with E-state index in [2.05, 4.69) is 15.2 Å². The fourth-order valence-corrected chi connectivity index (χ4v) is 2.83. The Hall–Kier alpha value is -1.98. The zero-order chi connectivity index (χ0) is 16.1. The molecule has 2 aromatic rings. The molecule has 122 valence electrons. The van der Waals surface area contributed by atoms with Gasteiger partial charge in [-0.25, -0.2) is 4.98 Å². The number of rotatable bonds is 6. The summed E-state index contributed by atoms with van der Waals surface area (Å²) in [5, 5.41) is 3.93. The number of nitrogens with zero attached hydrogens (tertiary/aromatic N) is 2. The van der Waals surface area contributed by atoms with E-state index in [0.29, 0.717) is 19.0 Å². The Balaban J connectivity index is 1.60. The average Bonchev–Trinajstić information content (AvgIpc) is 3.09. The van der Waals surface area contributed by atoms with Gasteiger partial charge in [-0.3, -0.25) is 9.69 Å². The van der Waals surface area contributed by atoms with Crippen molar-refractivity contribution in [1.82, 2.24) is 9.88 Å². The van der Waals surface area contributed by atoms with Crippen LogP contribution < -0.4 is 5.32 Å². The van der Waals surface area contributed by atoms with Crippen molar-refractivity contribution in [2.45, 2.75) is 32.3 Å². The molecule has 1 atom stereocenters. The molecular formula is C18H23N3O2. The minimum atomic E-state index is -0.441. The zero-order valence-corrected chi connectivity index (χ0v) is 13.5. The first kappa shape index (κ1) is 15.9. The van der Waals surface area contributed by atoms with Crippen LogP contribution in [0, 0.1) is 0 Å². The van der Waals surface area contributed by atoms with E-state index in [9.17, 15) is 4.79 Å². The first-order chi connectivity index (χ1) is 11.3. The van der Waals surface area contributed by atoms with Gasteiger partial charge in [0.05, 0.1) is 5.52 Å². The first-order valence-electron chi connectivity index (χ1n) is 8.27. The van der Waals surface area contributed by atoms with Crippen LogP contribution in [-0.2, 0) is 9.53 Å². The highest BCUT2D eigenvalue weighted by Crippen LogP contribution is 2.15. The van der Waals surface area contributed by atoms with Gasteiger partial charge in [-0.1, -0.05) is 25.1 Å². The van der Waals surface area contributed by atoms with Crippen LogP contribution in [0.2, 0.25) is 0 Å². The molecule has 0 saturated carbocycles. The Morgan fingerprint density at radius 1 is 1.26 bits per heavy atom. The maximum Gasteiger partial charge on any atom is 0.254 e. The van der Waals surface area contributed by atoms with Crippen LogP contribution in [0.15, 0.2) is 36.4 Å². The molecule has 1 aliphatic heterocycles. The van der Waals surface area contributed by atoms with Crippen molar-refractivity contribution < 1.29 is 9.53 Å². The molecule has 1 aliphatic rings. The summed E-state index contributed by atoms with van der Waals surface area (Å²) in [7, 11) is 0. The van der Waals surface area contributed by atoms with Crippen molar-refractivity contribution in [2.24, 2.45) is 0 Å². The van der Waals surface area contributed by atoms with E-state index in [1.54, 1.807) is 0 Å². The number of carbonyl (C=O) groups is 1. The van der Waals surface area contributed by atoms with Crippen LogP contribution in [0.25, 0.3) is 10.9 Å². The first-order valence-corrected chi connectivity index (χ1v) is 8.27. The second kappa shape index (κ2) is 7.53. The van der Waals surface area contributed by atoms with E-state index < -0.39 is 6.10 Å². The zero-order valence-electron chi connectivity index (χ0n) is 13.5. The Morgan fingerprint density at radius 2 is 2.04 bits per heavy atom. The number of hydrogen-bond acceptors (Lipinski definition) is 4. The standard InChI is InChI=1S/C18H23N3O2/c1-2-16(23-13-21-11-5-6-12-21)18(22)20-17-10-9-14-7-3-4-8-15(14)19-17/h3-4,7-10,16H,2,5-6,11-13H2,1H3,(H,19,20,22). The van der Waals surface area contributed by atoms with Gasteiger partial charge in [0.2, 0.25) is 0 Å². The number of likely N-dealkylation sites (tertiary alicyclic amines) is 1. The Labute approximate surface area is 136 Å². The molecular weight excluding hydrogens is 290 g/mol. The predicted molar refractivity (Wildman–Crippen MR) is 91.2 cm³/mol. The lowest BCUT2D eigenvalue weighted by atomic mass is 10.2. The third-order valence-electron chi connectivity index (χ3n) is 4.17. The number of fused-ring (bicyclic) bond motifs is 1. The average molecular weight is 313 g/mol. The van der Waals surface area contributed by atoms with Gasteiger partial charge in [0.15, 0.2) is 0 Å². The second-order valence-corrected chi connectivity index (χ2v) is 5.90. The summed E-state index contributed by atoms with van der Waals surface area (Å²) >= 11 is 0. The Kier molecular flexibility index (Phi) is 5.20. The van der Waals surface area contributed by atoms with Crippen LogP contribution >= 0.6 is 0 Å². The van der Waals surface area contributed by atoms with Gasteiger partial charge < -0.3 is 10.1 Å². The molecule has 0 bridgehead atoms. The van der Waals surface area contributed by atoms with Gasteiger partial charge in [-0.05, 0) is 37.5 Å². The quantitative estimate of drug-likeness (QED) is 0.890. The maximum absolute atomic E-state index is 12.4. The molecule has 1 unspecified atom stereocenters. The molecule has 0 aliphatic carbocycles. The highest BCUT2D eigenvalue weighted by Gasteiger charge is 2.20. The van der Waals surface area contributed by atoms with Crippen molar-refractivity contribution in [2.75, 3.05) is 25.1 Å². The lowest BCUT2D eigenvalue weighted by molar-refractivity contribution is -0.130. The van der Waals surface area contributed by atoms with E-state index in [0.717, 1.165) is 24.0 Å². The lowest BCUT2D eigenvalue weighted by Crippen LogP contribution is -2.34. The van der Waals surface area contributed by atoms with Crippen molar-refractivity contribution in [3.8, 4) is 0 Å². The molecule has 3 rings (SSSR count). The van der Waals surface area contributed by atoms with E-state index in [1.165, 1.54) is 12.8 Å². The normalized spacial score (nSPS) is 16.6. The van der Waals surface area contributed by atoms with Crippen LogP contribution in [0.3, 0.4) is 0 Å². The summed E-state index contributed by atoms with van der Waals surface area (Å²) in [5.74, 6) is 0.436. The van der Waals surface area contributed by atoms with Gasteiger partial charge in [0.25, 0.3) is 5.91 Å². The summed E-state index contributed by atoms with van der Waals surface area (Å²) < 4.78 is 5.78. The van der Waals surface area contributed by atoms with E-state index >= 15 is 0 Å². The van der Waals surface area contributed by atoms with Gasteiger partial charge >= 0.3 is 0 Å². The smallest absolute Gasteiger partial charge is 0.254 e. The molecule has 23 heavy (non-hydrogen) atoms. The fourth-order valence-electron chi connectivity index (χ4n) is 2.83. The van der Waals surface area contributed by atoms with Crippen LogP contribution in [-0.4, -0.2) is 41.7 Å². The maximum atomic E-state index is 12.4. The molecule has 1 fully saturated rings. The minimum absolute atomic E-state index is 0.130. The summed E-state index contributed by atoms with van der Waals surface area (Å²) in [4.78, 5) is 19.1. The molecule has 5 heteroatoms. The predicted octanol–water partition coefficient (Wildman–Crippen LogP) is 3.02. The molecule has 2 heterocycles. The molecule has 1 amide bonds. The minimum Gasteiger partial charge on any atom is -0.353 e. The third kappa shape index (κ3) is 4.06. The van der Waals surface area contributed by atoms with E-state index in [-0.39, 0.29) is 5.91 Å². The molecule has 5 nitrogen and oxygen atoms in total. The number of anilines is 1. The number of amides is 1. The summed E-state index contributed by atoms with van der Waals surface area (Å²) in [6.07, 6.45) is 2.64. The van der Waals surface area contributed by atoms with Crippen LogP contribution in [0.4, 0.5) is 5.82 Å². The van der Waals surface area contributed by atoms with E-state index in [1.807, 2.05) is 43.3 Å². The second-order valence-electron chi connectivity index (χ2n) is 5.90. The molecule has 0 radical (unpaired) electrons. The highest BCUT2D eigenvalue weighted by atomic mass is 16.5. The molecule has 1 aromatic heterocycles. The number of ether oxygens (including phenoxy) is 1. The van der Waals surface area contributed by atoms with Crippen LogP contribution in [0.5, 0.6) is 0 Å². The third-order valence-corrected chi connectivity index (χ3v) is 4.17. The van der Waals surface area contributed by atoms with Crippen molar-refractivity contribution in [3.63, 3.8) is 0 Å².